The molecule has 0 unspecified atom stereocenters. The fraction of sp³-hybridized carbons (Fsp3) is 0.658. The highest BCUT2D eigenvalue weighted by molar-refractivity contribution is 5.64. The van der Waals surface area contributed by atoms with E-state index in [9.17, 15) is 5.26 Å². The van der Waals surface area contributed by atoms with Crippen LogP contribution in [0.2, 0.25) is 0 Å². The lowest BCUT2D eigenvalue weighted by Crippen LogP contribution is -2.25. The maximum absolute atomic E-state index is 10.0. The van der Waals surface area contributed by atoms with Crippen LogP contribution in [0.15, 0.2) is 48.5 Å². The van der Waals surface area contributed by atoms with E-state index in [0.29, 0.717) is 5.92 Å². The number of nitriles is 1. The van der Waals surface area contributed by atoms with Crippen LogP contribution in [0.5, 0.6) is 5.75 Å². The van der Waals surface area contributed by atoms with E-state index < -0.39 is 0 Å². The predicted molar refractivity (Wildman–Crippen MR) is 172 cm³/mol. The lowest BCUT2D eigenvalue weighted by molar-refractivity contribution is 0.223. The monoisotopic (exact) mass is 543 g/mol. The number of rotatable bonds is 18. The second-order valence-corrected chi connectivity index (χ2v) is 13.3. The topological polar surface area (TPSA) is 33.0 Å². The molecule has 0 radical (unpaired) electrons. The van der Waals surface area contributed by atoms with Crippen molar-refractivity contribution in [2.75, 3.05) is 6.61 Å². The lowest BCUT2D eigenvalue weighted by atomic mass is 9.67. The largest absolute Gasteiger partial charge is 0.494 e. The third-order valence-electron chi connectivity index (χ3n) is 9.37. The highest BCUT2D eigenvalue weighted by Crippen LogP contribution is 2.46. The van der Waals surface area contributed by atoms with Crippen LogP contribution in [0.4, 0.5) is 0 Å². The summed E-state index contributed by atoms with van der Waals surface area (Å²) >= 11 is 0. The summed E-state index contributed by atoms with van der Waals surface area (Å²) in [5.74, 6) is 3.09. The fourth-order valence-electron chi connectivity index (χ4n) is 6.43. The third kappa shape index (κ3) is 11.0. The van der Waals surface area contributed by atoms with E-state index in [1.54, 1.807) is 0 Å². The van der Waals surface area contributed by atoms with Gasteiger partial charge in [0.15, 0.2) is 0 Å². The molecule has 1 atom stereocenters. The summed E-state index contributed by atoms with van der Waals surface area (Å²) in [6.07, 6.45) is 19.8. The minimum Gasteiger partial charge on any atom is -0.494 e. The molecule has 0 N–H and O–H groups in total. The van der Waals surface area contributed by atoms with Gasteiger partial charge in [0, 0.05) is 0 Å². The van der Waals surface area contributed by atoms with Crippen molar-refractivity contribution in [1.29, 1.82) is 5.26 Å². The first-order valence-corrected chi connectivity index (χ1v) is 16.7. The lowest BCUT2D eigenvalue weighted by Gasteiger charge is -2.35. The maximum atomic E-state index is 10.0. The van der Waals surface area contributed by atoms with Crippen molar-refractivity contribution in [2.24, 2.45) is 17.3 Å². The smallest absolute Gasteiger partial charge is 0.119 e. The van der Waals surface area contributed by atoms with Crippen molar-refractivity contribution in [1.82, 2.24) is 0 Å². The van der Waals surface area contributed by atoms with E-state index in [-0.39, 0.29) is 5.41 Å². The Balaban J connectivity index is 1.40. The minimum absolute atomic E-state index is 0.0739. The third-order valence-corrected chi connectivity index (χ3v) is 9.37. The van der Waals surface area contributed by atoms with Crippen LogP contribution in [-0.2, 0) is 0 Å². The van der Waals surface area contributed by atoms with Gasteiger partial charge in [-0.25, -0.2) is 0 Å². The Morgan fingerprint density at radius 2 is 1.38 bits per heavy atom. The highest BCUT2D eigenvalue weighted by atomic mass is 16.5. The first-order chi connectivity index (χ1) is 19.4. The molecular weight excluding hydrogens is 486 g/mol. The van der Waals surface area contributed by atoms with Crippen LogP contribution in [-0.4, -0.2) is 6.61 Å². The maximum Gasteiger partial charge on any atom is 0.119 e. The zero-order chi connectivity index (χ0) is 28.6. The molecule has 0 heterocycles. The van der Waals surface area contributed by atoms with Crippen LogP contribution in [0.1, 0.15) is 142 Å². The van der Waals surface area contributed by atoms with Crippen molar-refractivity contribution in [2.45, 2.75) is 136 Å². The van der Waals surface area contributed by atoms with Gasteiger partial charge in [0.05, 0.1) is 18.1 Å². The summed E-state index contributed by atoms with van der Waals surface area (Å²) in [7, 11) is 0. The molecule has 2 heteroatoms. The summed E-state index contributed by atoms with van der Waals surface area (Å²) in [5, 5.41) is 10.0. The molecule has 3 rings (SSSR count). The molecule has 2 aromatic rings. The minimum atomic E-state index is -0.0739. The Hall–Kier alpha value is -2.27. The molecule has 220 valence electrons. The summed E-state index contributed by atoms with van der Waals surface area (Å²) in [6.45, 7) is 10.0. The molecule has 0 bridgehead atoms. The van der Waals surface area contributed by atoms with Crippen LogP contribution >= 0.6 is 0 Å². The average Bonchev–Trinajstić information content (AvgIpc) is 2.97. The van der Waals surface area contributed by atoms with Crippen molar-refractivity contribution < 1.29 is 4.74 Å². The Bertz CT molecular complexity index is 976. The van der Waals surface area contributed by atoms with E-state index in [1.165, 1.54) is 80.9 Å². The summed E-state index contributed by atoms with van der Waals surface area (Å²) in [6, 6.07) is 20.5. The van der Waals surface area contributed by atoms with Gasteiger partial charge in [0.2, 0.25) is 0 Å². The van der Waals surface area contributed by atoms with Crippen molar-refractivity contribution in [3.05, 3.63) is 54.1 Å². The van der Waals surface area contributed by atoms with Gasteiger partial charge in [-0.3, -0.25) is 0 Å². The second-order valence-electron chi connectivity index (χ2n) is 13.3. The Morgan fingerprint density at radius 3 is 1.98 bits per heavy atom. The van der Waals surface area contributed by atoms with Crippen molar-refractivity contribution in [3.63, 3.8) is 0 Å². The number of ether oxygens (including phenoxy) is 1. The van der Waals surface area contributed by atoms with E-state index in [0.717, 1.165) is 62.7 Å². The normalized spacial score (nSPS) is 19.9. The van der Waals surface area contributed by atoms with Crippen LogP contribution < -0.4 is 4.74 Å². The quantitative estimate of drug-likeness (QED) is 0.175. The predicted octanol–water partition coefficient (Wildman–Crippen LogP) is 11.9. The van der Waals surface area contributed by atoms with Crippen molar-refractivity contribution in [3.8, 4) is 22.9 Å². The molecule has 0 spiro atoms. The van der Waals surface area contributed by atoms with Gasteiger partial charge in [-0.1, -0.05) is 128 Å². The summed E-state index contributed by atoms with van der Waals surface area (Å²) in [4.78, 5) is 0. The van der Waals surface area contributed by atoms with Crippen LogP contribution in [0.25, 0.3) is 11.1 Å². The van der Waals surface area contributed by atoms with Crippen molar-refractivity contribution >= 4 is 0 Å². The van der Waals surface area contributed by atoms with Crippen LogP contribution in [0, 0.1) is 28.6 Å². The average molecular weight is 544 g/mol. The molecule has 2 nitrogen and oxygen atoms in total. The summed E-state index contributed by atoms with van der Waals surface area (Å²) in [5.41, 5.74) is 3.86. The molecule has 1 aliphatic carbocycles. The van der Waals surface area contributed by atoms with Gasteiger partial charge in [0.25, 0.3) is 0 Å². The number of nitrogens with zero attached hydrogens (tertiary/aromatic N) is 1. The van der Waals surface area contributed by atoms with E-state index in [1.807, 2.05) is 0 Å². The fourth-order valence-corrected chi connectivity index (χ4v) is 6.43. The molecular formula is C38H57NO. The number of benzene rings is 2. The molecule has 0 amide bonds. The molecule has 0 aliphatic heterocycles. The Morgan fingerprint density at radius 1 is 0.775 bits per heavy atom. The zero-order valence-electron chi connectivity index (χ0n) is 26.2. The Kier molecular flexibility index (Phi) is 14.1. The van der Waals surface area contributed by atoms with E-state index in [2.05, 4.69) is 82.3 Å². The second kappa shape index (κ2) is 17.5. The molecule has 0 aromatic heterocycles. The van der Waals surface area contributed by atoms with Gasteiger partial charge < -0.3 is 4.74 Å². The van der Waals surface area contributed by atoms with Gasteiger partial charge in [-0.2, -0.15) is 5.26 Å². The zero-order valence-corrected chi connectivity index (χ0v) is 26.2. The SMILES string of the molecule is CCCCCCCCCC1(C#N)CCC(c2ccc(-c3ccc(OCC[C@H](C)CCCC(C)C)cc3)cc2)CC1. The molecule has 2 aromatic carbocycles. The first-order valence-electron chi connectivity index (χ1n) is 16.7. The first kappa shape index (κ1) is 32.2. The molecule has 1 saturated carbocycles. The summed E-state index contributed by atoms with van der Waals surface area (Å²) < 4.78 is 6.05. The Labute approximate surface area is 246 Å². The van der Waals surface area contributed by atoms with Gasteiger partial charge in [-0.15, -0.1) is 0 Å². The number of hydrogen-bond donors (Lipinski definition) is 0. The molecule has 40 heavy (non-hydrogen) atoms. The number of hydrogen-bond acceptors (Lipinski definition) is 2. The molecule has 1 fully saturated rings. The van der Waals surface area contributed by atoms with E-state index >= 15 is 0 Å². The highest BCUT2D eigenvalue weighted by Gasteiger charge is 2.35. The van der Waals surface area contributed by atoms with Gasteiger partial charge in [-0.05, 0) is 85.1 Å². The van der Waals surface area contributed by atoms with E-state index in [4.69, 9.17) is 4.74 Å². The van der Waals surface area contributed by atoms with Crippen LogP contribution in [0.3, 0.4) is 0 Å². The molecule has 0 saturated heterocycles. The van der Waals surface area contributed by atoms with Gasteiger partial charge in [0.1, 0.15) is 5.75 Å². The number of unbranched alkanes of at least 4 members (excludes halogenated alkanes) is 6. The van der Waals surface area contributed by atoms with Gasteiger partial charge >= 0.3 is 0 Å². The standard InChI is InChI=1S/C38H57NO/c1-5-6-7-8-9-10-11-26-38(30-39)27-23-36(24-28-38)34-17-15-33(16-18-34)35-19-21-37(22-20-35)40-29-25-32(4)14-12-13-31(2)3/h15-22,31-32,36H,5-14,23-29H2,1-4H3/t32-,36?,38?/m1/s1. The molecule has 1 aliphatic rings.